The van der Waals surface area contributed by atoms with Crippen LogP contribution in [0.3, 0.4) is 0 Å². The Morgan fingerprint density at radius 2 is 1.87 bits per heavy atom. The summed E-state index contributed by atoms with van der Waals surface area (Å²) in [5, 5.41) is 11.6. The van der Waals surface area contributed by atoms with Crippen LogP contribution < -0.4 is 16.9 Å². The SMILES string of the molecule is CN(N)C(=N)NCc1ccc(CN)cc1. The standard InChI is InChI=1S/C10H17N5/c1-15(13)10(12)14-7-9-4-2-8(6-11)3-5-9/h2-5H,6-7,11,13H2,1H3,(H2,12,14). The molecule has 0 aliphatic carbocycles. The van der Waals surface area contributed by atoms with E-state index in [9.17, 15) is 0 Å². The number of hydrazine groups is 1. The zero-order chi connectivity index (χ0) is 11.3. The average molecular weight is 207 g/mol. The minimum Gasteiger partial charge on any atom is -0.351 e. The maximum absolute atomic E-state index is 7.44. The van der Waals surface area contributed by atoms with Crippen molar-refractivity contribution in [1.82, 2.24) is 10.3 Å². The van der Waals surface area contributed by atoms with E-state index in [4.69, 9.17) is 17.0 Å². The Morgan fingerprint density at radius 1 is 1.33 bits per heavy atom. The molecule has 0 amide bonds. The van der Waals surface area contributed by atoms with E-state index in [-0.39, 0.29) is 5.96 Å². The fraction of sp³-hybridized carbons (Fsp3) is 0.300. The summed E-state index contributed by atoms with van der Waals surface area (Å²) in [5.74, 6) is 5.57. The maximum Gasteiger partial charge on any atom is 0.205 e. The Morgan fingerprint density at radius 3 is 2.33 bits per heavy atom. The summed E-state index contributed by atoms with van der Waals surface area (Å²) in [7, 11) is 1.62. The van der Waals surface area contributed by atoms with E-state index >= 15 is 0 Å². The fourth-order valence-corrected chi connectivity index (χ4v) is 1.10. The van der Waals surface area contributed by atoms with Crippen LogP contribution in [0, 0.1) is 5.41 Å². The highest BCUT2D eigenvalue weighted by molar-refractivity contribution is 5.75. The van der Waals surface area contributed by atoms with Gasteiger partial charge in [-0.05, 0) is 11.1 Å². The molecule has 0 atom stereocenters. The molecule has 1 aromatic rings. The third-order valence-electron chi connectivity index (χ3n) is 2.07. The third kappa shape index (κ3) is 3.57. The van der Waals surface area contributed by atoms with Gasteiger partial charge in [0.2, 0.25) is 5.96 Å². The van der Waals surface area contributed by atoms with Gasteiger partial charge in [0.1, 0.15) is 0 Å². The molecule has 1 aromatic carbocycles. The van der Waals surface area contributed by atoms with E-state index in [1.807, 2.05) is 24.3 Å². The number of rotatable bonds is 3. The van der Waals surface area contributed by atoms with E-state index in [0.29, 0.717) is 13.1 Å². The van der Waals surface area contributed by atoms with Gasteiger partial charge in [-0.1, -0.05) is 24.3 Å². The van der Waals surface area contributed by atoms with Crippen molar-refractivity contribution in [3.63, 3.8) is 0 Å². The predicted molar refractivity (Wildman–Crippen MR) is 60.9 cm³/mol. The van der Waals surface area contributed by atoms with Crippen molar-refractivity contribution in [2.24, 2.45) is 11.6 Å². The highest BCUT2D eigenvalue weighted by atomic mass is 15.5. The first-order chi connectivity index (χ1) is 7.13. The van der Waals surface area contributed by atoms with Crippen molar-refractivity contribution in [2.45, 2.75) is 13.1 Å². The molecular formula is C10H17N5. The molecule has 0 aromatic heterocycles. The molecule has 0 fully saturated rings. The van der Waals surface area contributed by atoms with Gasteiger partial charge in [0, 0.05) is 20.1 Å². The van der Waals surface area contributed by atoms with Crippen molar-refractivity contribution in [2.75, 3.05) is 7.05 Å². The lowest BCUT2D eigenvalue weighted by Gasteiger charge is -2.14. The van der Waals surface area contributed by atoms with Crippen molar-refractivity contribution in [1.29, 1.82) is 5.41 Å². The molecule has 0 saturated carbocycles. The highest BCUT2D eigenvalue weighted by Gasteiger charge is 1.98. The quantitative estimate of drug-likeness (QED) is 0.242. The molecular weight excluding hydrogens is 190 g/mol. The zero-order valence-corrected chi connectivity index (χ0v) is 8.83. The number of benzene rings is 1. The normalized spacial score (nSPS) is 9.80. The average Bonchev–Trinajstić information content (AvgIpc) is 2.26. The lowest BCUT2D eigenvalue weighted by atomic mass is 10.1. The summed E-state index contributed by atoms with van der Waals surface area (Å²) in [6.45, 7) is 1.14. The number of nitrogens with two attached hydrogens (primary N) is 2. The maximum atomic E-state index is 7.44. The van der Waals surface area contributed by atoms with Gasteiger partial charge < -0.3 is 11.1 Å². The molecule has 6 N–H and O–H groups in total. The molecule has 0 aliphatic heterocycles. The van der Waals surface area contributed by atoms with Crippen LogP contribution in [0.1, 0.15) is 11.1 Å². The summed E-state index contributed by atoms with van der Waals surface area (Å²) in [5.41, 5.74) is 7.69. The Balaban J connectivity index is 2.47. The van der Waals surface area contributed by atoms with E-state index in [1.165, 1.54) is 5.01 Å². The third-order valence-corrected chi connectivity index (χ3v) is 2.07. The van der Waals surface area contributed by atoms with Crippen LogP contribution in [0.4, 0.5) is 0 Å². The summed E-state index contributed by atoms with van der Waals surface area (Å²) >= 11 is 0. The Bertz CT molecular complexity index is 317. The van der Waals surface area contributed by atoms with Gasteiger partial charge in [-0.15, -0.1) is 0 Å². The molecule has 15 heavy (non-hydrogen) atoms. The molecule has 82 valence electrons. The molecule has 0 heterocycles. The zero-order valence-electron chi connectivity index (χ0n) is 8.83. The summed E-state index contributed by atoms with van der Waals surface area (Å²) in [6, 6.07) is 7.93. The first-order valence-corrected chi connectivity index (χ1v) is 4.72. The lowest BCUT2D eigenvalue weighted by molar-refractivity contribution is 0.506. The first-order valence-electron chi connectivity index (χ1n) is 4.72. The van der Waals surface area contributed by atoms with Crippen LogP contribution in [0.15, 0.2) is 24.3 Å². The topological polar surface area (TPSA) is 91.2 Å². The van der Waals surface area contributed by atoms with Crippen LogP contribution in [-0.2, 0) is 13.1 Å². The van der Waals surface area contributed by atoms with Gasteiger partial charge in [0.25, 0.3) is 0 Å². The molecule has 0 radical (unpaired) electrons. The van der Waals surface area contributed by atoms with Crippen LogP contribution >= 0.6 is 0 Å². The van der Waals surface area contributed by atoms with Crippen molar-refractivity contribution in [3.8, 4) is 0 Å². The highest BCUT2D eigenvalue weighted by Crippen LogP contribution is 2.03. The number of guanidine groups is 1. The molecule has 5 heteroatoms. The minimum absolute atomic E-state index is 0.193. The Hall–Kier alpha value is -1.59. The smallest absolute Gasteiger partial charge is 0.205 e. The monoisotopic (exact) mass is 207 g/mol. The number of hydrogen-bond donors (Lipinski definition) is 4. The predicted octanol–water partition coefficient (Wildman–Crippen LogP) is -0.0248. The molecule has 0 bridgehead atoms. The Labute approximate surface area is 89.5 Å². The molecule has 0 aliphatic rings. The van der Waals surface area contributed by atoms with Crippen LogP contribution in [0.25, 0.3) is 0 Å². The van der Waals surface area contributed by atoms with Gasteiger partial charge in [-0.3, -0.25) is 10.4 Å². The van der Waals surface area contributed by atoms with Gasteiger partial charge >= 0.3 is 0 Å². The van der Waals surface area contributed by atoms with Gasteiger partial charge in [-0.2, -0.15) is 0 Å². The van der Waals surface area contributed by atoms with E-state index in [0.717, 1.165) is 11.1 Å². The van der Waals surface area contributed by atoms with Crippen LogP contribution in [-0.4, -0.2) is 18.0 Å². The fourth-order valence-electron chi connectivity index (χ4n) is 1.10. The minimum atomic E-state index is 0.193. The molecule has 1 rings (SSSR count). The van der Waals surface area contributed by atoms with Gasteiger partial charge in [0.15, 0.2) is 0 Å². The molecule has 0 spiro atoms. The van der Waals surface area contributed by atoms with Crippen LogP contribution in [0.2, 0.25) is 0 Å². The summed E-state index contributed by atoms with van der Waals surface area (Å²) < 4.78 is 0. The second-order valence-electron chi connectivity index (χ2n) is 3.33. The summed E-state index contributed by atoms with van der Waals surface area (Å²) in [4.78, 5) is 0. The Kier molecular flexibility index (Phi) is 4.08. The second-order valence-corrected chi connectivity index (χ2v) is 3.33. The van der Waals surface area contributed by atoms with Crippen molar-refractivity contribution in [3.05, 3.63) is 35.4 Å². The molecule has 5 nitrogen and oxygen atoms in total. The largest absolute Gasteiger partial charge is 0.351 e. The lowest BCUT2D eigenvalue weighted by Crippen LogP contribution is -2.41. The molecule has 0 unspecified atom stereocenters. The van der Waals surface area contributed by atoms with Gasteiger partial charge in [-0.25, -0.2) is 5.84 Å². The number of nitrogens with one attached hydrogen (secondary N) is 2. The molecule has 0 saturated heterocycles. The van der Waals surface area contributed by atoms with E-state index in [2.05, 4.69) is 5.32 Å². The summed E-state index contributed by atoms with van der Waals surface area (Å²) in [6.07, 6.45) is 0. The van der Waals surface area contributed by atoms with Crippen LogP contribution in [0.5, 0.6) is 0 Å². The van der Waals surface area contributed by atoms with Crippen molar-refractivity contribution < 1.29 is 0 Å². The number of hydrogen-bond acceptors (Lipinski definition) is 3. The second kappa shape index (κ2) is 5.33. The van der Waals surface area contributed by atoms with Gasteiger partial charge in [0.05, 0.1) is 0 Å². The number of nitrogens with zero attached hydrogens (tertiary/aromatic N) is 1. The van der Waals surface area contributed by atoms with E-state index < -0.39 is 0 Å². The van der Waals surface area contributed by atoms with Crippen molar-refractivity contribution >= 4 is 5.96 Å². The van der Waals surface area contributed by atoms with E-state index in [1.54, 1.807) is 7.05 Å². The first kappa shape index (κ1) is 11.5.